The molecule has 0 radical (unpaired) electrons. The number of rotatable bonds is 4. The maximum atomic E-state index is 2.36. The van der Waals surface area contributed by atoms with Crippen molar-refractivity contribution in [2.45, 2.75) is 53.4 Å². The Bertz CT molecular complexity index is 593. The summed E-state index contributed by atoms with van der Waals surface area (Å²) in [6.07, 6.45) is 2.24. The highest BCUT2D eigenvalue weighted by Gasteiger charge is 2.07. The second-order valence-corrected chi connectivity index (χ2v) is 6.10. The van der Waals surface area contributed by atoms with Crippen LogP contribution < -0.4 is 0 Å². The Morgan fingerprint density at radius 2 is 1.40 bits per heavy atom. The zero-order valence-electron chi connectivity index (χ0n) is 13.5. The first kappa shape index (κ1) is 14.8. The van der Waals surface area contributed by atoms with Gasteiger partial charge in [0.25, 0.3) is 0 Å². The third-order valence-electron chi connectivity index (χ3n) is 4.46. The number of benzene rings is 2. The van der Waals surface area contributed by atoms with E-state index in [1.807, 2.05) is 0 Å². The zero-order valence-corrected chi connectivity index (χ0v) is 13.5. The first-order valence-electron chi connectivity index (χ1n) is 7.66. The van der Waals surface area contributed by atoms with Crippen molar-refractivity contribution < 1.29 is 0 Å². The predicted octanol–water partition coefficient (Wildman–Crippen LogP) is 5.72. The third-order valence-corrected chi connectivity index (χ3v) is 4.46. The van der Waals surface area contributed by atoms with Crippen LogP contribution in [0, 0.1) is 20.8 Å². The van der Waals surface area contributed by atoms with Crippen molar-refractivity contribution in [3.8, 4) is 0 Å². The summed E-state index contributed by atoms with van der Waals surface area (Å²) < 4.78 is 0. The molecular formula is C20H26. The van der Waals surface area contributed by atoms with Crippen LogP contribution in [0.2, 0.25) is 0 Å². The number of aryl methyl sites for hydroxylation is 3. The van der Waals surface area contributed by atoms with Crippen molar-refractivity contribution in [1.29, 1.82) is 0 Å². The Morgan fingerprint density at radius 1 is 0.800 bits per heavy atom. The van der Waals surface area contributed by atoms with Gasteiger partial charge in [-0.15, -0.1) is 0 Å². The molecule has 0 nitrogen and oxygen atoms in total. The minimum Gasteiger partial charge on any atom is -0.0648 e. The normalized spacial score (nSPS) is 12.4. The first-order chi connectivity index (χ1) is 9.51. The summed E-state index contributed by atoms with van der Waals surface area (Å²) in [5, 5.41) is 0. The van der Waals surface area contributed by atoms with Crippen LogP contribution >= 0.6 is 0 Å². The fourth-order valence-corrected chi connectivity index (χ4v) is 2.77. The van der Waals surface area contributed by atoms with Crippen LogP contribution in [-0.2, 0) is 6.42 Å². The van der Waals surface area contributed by atoms with Crippen molar-refractivity contribution in [2.75, 3.05) is 0 Å². The lowest BCUT2D eigenvalue weighted by Crippen LogP contribution is -1.97. The molecule has 2 rings (SSSR count). The highest BCUT2D eigenvalue weighted by molar-refractivity contribution is 5.37. The third kappa shape index (κ3) is 3.30. The molecule has 1 atom stereocenters. The van der Waals surface area contributed by atoms with E-state index < -0.39 is 0 Å². The van der Waals surface area contributed by atoms with E-state index in [9.17, 15) is 0 Å². The van der Waals surface area contributed by atoms with Crippen molar-refractivity contribution in [2.24, 2.45) is 0 Å². The maximum absolute atomic E-state index is 2.36. The molecule has 20 heavy (non-hydrogen) atoms. The van der Waals surface area contributed by atoms with Crippen molar-refractivity contribution in [3.05, 3.63) is 69.8 Å². The van der Waals surface area contributed by atoms with Crippen LogP contribution in [0.5, 0.6) is 0 Å². The van der Waals surface area contributed by atoms with Gasteiger partial charge in [0.2, 0.25) is 0 Å². The molecule has 0 spiro atoms. The fraction of sp³-hybridized carbons (Fsp3) is 0.400. The summed E-state index contributed by atoms with van der Waals surface area (Å²) in [4.78, 5) is 0. The smallest absolute Gasteiger partial charge is 0.00256 e. The molecular weight excluding hydrogens is 240 g/mol. The summed E-state index contributed by atoms with van der Waals surface area (Å²) in [6, 6.07) is 13.8. The Balaban J connectivity index is 2.22. The first-order valence-corrected chi connectivity index (χ1v) is 7.66. The van der Waals surface area contributed by atoms with Crippen LogP contribution in [0.3, 0.4) is 0 Å². The summed E-state index contributed by atoms with van der Waals surface area (Å²) in [5.41, 5.74) is 8.51. The lowest BCUT2D eigenvalue weighted by atomic mass is 9.91. The van der Waals surface area contributed by atoms with E-state index in [-0.39, 0.29) is 0 Å². The molecule has 0 aliphatic heterocycles. The molecule has 0 aliphatic carbocycles. The van der Waals surface area contributed by atoms with Gasteiger partial charge < -0.3 is 0 Å². The summed E-state index contributed by atoms with van der Waals surface area (Å²) in [5.74, 6) is 0.658. The molecule has 0 heterocycles. The van der Waals surface area contributed by atoms with Gasteiger partial charge in [0, 0.05) is 0 Å². The lowest BCUT2D eigenvalue weighted by molar-refractivity contribution is 0.727. The van der Waals surface area contributed by atoms with Crippen LogP contribution in [0.1, 0.15) is 59.6 Å². The Hall–Kier alpha value is -1.56. The quantitative estimate of drug-likeness (QED) is 0.664. The van der Waals surface area contributed by atoms with Crippen LogP contribution in [0.15, 0.2) is 36.4 Å². The van der Waals surface area contributed by atoms with Gasteiger partial charge >= 0.3 is 0 Å². The molecule has 0 amide bonds. The number of hydrogen-bond acceptors (Lipinski definition) is 0. The molecule has 0 saturated carbocycles. The highest BCUT2D eigenvalue weighted by atomic mass is 14.1. The topological polar surface area (TPSA) is 0 Å². The molecule has 0 bridgehead atoms. The van der Waals surface area contributed by atoms with Crippen molar-refractivity contribution in [3.63, 3.8) is 0 Å². The molecule has 0 aromatic heterocycles. The molecule has 0 saturated heterocycles. The maximum Gasteiger partial charge on any atom is -0.00256 e. The van der Waals surface area contributed by atoms with E-state index in [0.717, 1.165) is 6.42 Å². The Morgan fingerprint density at radius 3 is 1.95 bits per heavy atom. The van der Waals surface area contributed by atoms with Gasteiger partial charge in [-0.2, -0.15) is 0 Å². The SMILES string of the molecule is CC[C@@H](C)c1ccc(Cc2ccc(C)c(C)c2)cc1C. The van der Waals surface area contributed by atoms with E-state index in [1.54, 1.807) is 0 Å². The van der Waals surface area contributed by atoms with Crippen molar-refractivity contribution >= 4 is 0 Å². The fourth-order valence-electron chi connectivity index (χ4n) is 2.77. The van der Waals surface area contributed by atoms with E-state index in [2.05, 4.69) is 71.0 Å². The largest absolute Gasteiger partial charge is 0.0648 e. The van der Waals surface area contributed by atoms with E-state index >= 15 is 0 Å². The minimum atomic E-state index is 0.658. The predicted molar refractivity (Wildman–Crippen MR) is 88.6 cm³/mol. The Kier molecular flexibility index (Phi) is 4.65. The summed E-state index contributed by atoms with van der Waals surface area (Å²) >= 11 is 0. The molecule has 0 fully saturated rings. The summed E-state index contributed by atoms with van der Waals surface area (Å²) in [7, 11) is 0. The van der Waals surface area contributed by atoms with Gasteiger partial charge in [0.1, 0.15) is 0 Å². The molecule has 2 aromatic rings. The zero-order chi connectivity index (χ0) is 14.7. The summed E-state index contributed by atoms with van der Waals surface area (Å²) in [6.45, 7) is 11.2. The van der Waals surface area contributed by atoms with Crippen LogP contribution in [-0.4, -0.2) is 0 Å². The van der Waals surface area contributed by atoms with Gasteiger partial charge in [-0.25, -0.2) is 0 Å². The van der Waals surface area contributed by atoms with Gasteiger partial charge in [0.15, 0.2) is 0 Å². The molecule has 106 valence electrons. The lowest BCUT2D eigenvalue weighted by Gasteiger charge is -2.14. The van der Waals surface area contributed by atoms with Gasteiger partial charge in [-0.1, -0.05) is 50.2 Å². The van der Waals surface area contributed by atoms with E-state index in [0.29, 0.717) is 5.92 Å². The molecule has 0 unspecified atom stereocenters. The van der Waals surface area contributed by atoms with E-state index in [4.69, 9.17) is 0 Å². The van der Waals surface area contributed by atoms with Gasteiger partial charge in [-0.3, -0.25) is 0 Å². The monoisotopic (exact) mass is 266 g/mol. The average molecular weight is 266 g/mol. The van der Waals surface area contributed by atoms with Crippen molar-refractivity contribution in [1.82, 2.24) is 0 Å². The second-order valence-electron chi connectivity index (χ2n) is 6.10. The van der Waals surface area contributed by atoms with Gasteiger partial charge in [0.05, 0.1) is 0 Å². The van der Waals surface area contributed by atoms with Crippen LogP contribution in [0.25, 0.3) is 0 Å². The number of hydrogen-bond donors (Lipinski definition) is 0. The molecule has 0 N–H and O–H groups in total. The molecule has 0 aliphatic rings. The molecule has 2 aromatic carbocycles. The minimum absolute atomic E-state index is 0.658. The standard InChI is InChI=1S/C20H26/c1-6-14(2)20-10-9-19(12-17(20)5)13-18-8-7-15(3)16(4)11-18/h7-12,14H,6,13H2,1-5H3/t14-/m1/s1. The molecule has 0 heteroatoms. The average Bonchev–Trinajstić information content (AvgIpc) is 2.42. The Labute approximate surface area is 123 Å². The highest BCUT2D eigenvalue weighted by Crippen LogP contribution is 2.24. The second kappa shape index (κ2) is 6.26. The van der Waals surface area contributed by atoms with E-state index in [1.165, 1.54) is 39.8 Å². The van der Waals surface area contributed by atoms with Gasteiger partial charge in [-0.05, 0) is 72.9 Å². The van der Waals surface area contributed by atoms with Crippen LogP contribution in [0.4, 0.5) is 0 Å².